The van der Waals surface area contributed by atoms with E-state index in [0.29, 0.717) is 39.5 Å². The van der Waals surface area contributed by atoms with E-state index in [1.165, 1.54) is 0 Å². The number of halogens is 3. The number of carbonyl (C=O) groups excluding carboxylic acids is 1. The molecule has 0 saturated carbocycles. The van der Waals surface area contributed by atoms with Crippen LogP contribution < -0.4 is 0 Å². The molecule has 0 unspecified atom stereocenters. The lowest BCUT2D eigenvalue weighted by atomic mass is 10.0. The van der Waals surface area contributed by atoms with Gasteiger partial charge in [-0.25, -0.2) is 9.97 Å². The SMILES string of the molecule is COC[C@@H]1CCCN1C(=O)c1ncc(-c2ccc(Cl)cc2)c(-c2ccc(Cl)cc2Cl)n1. The Balaban J connectivity index is 1.81. The minimum atomic E-state index is -0.214. The highest BCUT2D eigenvalue weighted by atomic mass is 35.5. The summed E-state index contributed by atoms with van der Waals surface area (Å²) in [6.07, 6.45) is 3.49. The van der Waals surface area contributed by atoms with Crippen LogP contribution in [0.1, 0.15) is 23.5 Å². The van der Waals surface area contributed by atoms with E-state index in [0.717, 1.165) is 24.0 Å². The first-order valence-corrected chi connectivity index (χ1v) is 11.0. The Hall–Kier alpha value is -2.18. The number of hydrogen-bond donors (Lipinski definition) is 0. The van der Waals surface area contributed by atoms with Gasteiger partial charge in [0.2, 0.25) is 5.82 Å². The van der Waals surface area contributed by atoms with Crippen molar-refractivity contribution in [2.45, 2.75) is 18.9 Å². The van der Waals surface area contributed by atoms with Crippen molar-refractivity contribution in [1.82, 2.24) is 14.9 Å². The predicted octanol–water partition coefficient (Wildman–Crippen LogP) is 6.02. The molecule has 0 N–H and O–H groups in total. The number of carbonyl (C=O) groups is 1. The fraction of sp³-hybridized carbons (Fsp3) is 0.261. The molecule has 1 aliphatic rings. The summed E-state index contributed by atoms with van der Waals surface area (Å²) in [6.45, 7) is 1.15. The van der Waals surface area contributed by atoms with E-state index < -0.39 is 0 Å². The van der Waals surface area contributed by atoms with Crippen molar-refractivity contribution >= 4 is 40.7 Å². The van der Waals surface area contributed by atoms with Crippen molar-refractivity contribution in [3.05, 3.63) is 69.6 Å². The van der Waals surface area contributed by atoms with Crippen LogP contribution in [0.4, 0.5) is 0 Å². The molecule has 0 spiro atoms. The van der Waals surface area contributed by atoms with Crippen molar-refractivity contribution in [2.24, 2.45) is 0 Å². The van der Waals surface area contributed by atoms with Gasteiger partial charge < -0.3 is 9.64 Å². The van der Waals surface area contributed by atoms with Crippen molar-refractivity contribution in [2.75, 3.05) is 20.3 Å². The minimum Gasteiger partial charge on any atom is -0.383 e. The molecule has 4 rings (SSSR count). The number of rotatable bonds is 5. The van der Waals surface area contributed by atoms with E-state index in [2.05, 4.69) is 9.97 Å². The molecule has 3 aromatic rings. The average Bonchev–Trinajstić information content (AvgIpc) is 3.22. The van der Waals surface area contributed by atoms with Gasteiger partial charge in [-0.15, -0.1) is 0 Å². The lowest BCUT2D eigenvalue weighted by Crippen LogP contribution is -2.39. The number of hydrogen-bond acceptors (Lipinski definition) is 4. The molecule has 2 aromatic carbocycles. The van der Waals surface area contributed by atoms with E-state index in [9.17, 15) is 4.79 Å². The normalized spacial score (nSPS) is 16.0. The third-order valence-corrected chi connectivity index (χ3v) is 6.12. The molecule has 1 amide bonds. The Morgan fingerprint density at radius 3 is 2.55 bits per heavy atom. The van der Waals surface area contributed by atoms with Crippen molar-refractivity contribution < 1.29 is 9.53 Å². The highest BCUT2D eigenvalue weighted by Gasteiger charge is 2.31. The van der Waals surface area contributed by atoms with Crippen molar-refractivity contribution in [1.29, 1.82) is 0 Å². The molecule has 1 aliphatic heterocycles. The van der Waals surface area contributed by atoms with Crippen molar-refractivity contribution in [3.8, 4) is 22.4 Å². The second-order valence-corrected chi connectivity index (χ2v) is 8.62. The van der Waals surface area contributed by atoms with Crippen LogP contribution in [0.2, 0.25) is 15.1 Å². The molecule has 1 saturated heterocycles. The van der Waals surface area contributed by atoms with Crippen LogP contribution in [0, 0.1) is 0 Å². The predicted molar refractivity (Wildman–Crippen MR) is 124 cm³/mol. The summed E-state index contributed by atoms with van der Waals surface area (Å²) in [5.41, 5.74) is 2.84. The number of nitrogens with zero attached hydrogens (tertiary/aromatic N) is 3. The van der Waals surface area contributed by atoms with Crippen LogP contribution in [0.15, 0.2) is 48.7 Å². The van der Waals surface area contributed by atoms with Crippen LogP contribution in [-0.4, -0.2) is 47.1 Å². The lowest BCUT2D eigenvalue weighted by Gasteiger charge is -2.23. The number of amides is 1. The summed E-state index contributed by atoms with van der Waals surface area (Å²) in [5, 5.41) is 1.59. The van der Waals surface area contributed by atoms with E-state index >= 15 is 0 Å². The topological polar surface area (TPSA) is 55.3 Å². The maximum absolute atomic E-state index is 13.2. The van der Waals surface area contributed by atoms with Gasteiger partial charge in [0.1, 0.15) is 0 Å². The van der Waals surface area contributed by atoms with Gasteiger partial charge in [-0.2, -0.15) is 0 Å². The van der Waals surface area contributed by atoms with E-state index in [-0.39, 0.29) is 17.8 Å². The fourth-order valence-electron chi connectivity index (χ4n) is 3.81. The number of benzene rings is 2. The molecule has 2 heterocycles. The van der Waals surface area contributed by atoms with E-state index in [1.807, 2.05) is 12.1 Å². The summed E-state index contributed by atoms with van der Waals surface area (Å²) in [6, 6.07) is 12.6. The van der Waals surface area contributed by atoms with Crippen LogP contribution in [-0.2, 0) is 4.74 Å². The number of likely N-dealkylation sites (tertiary alicyclic amines) is 1. The number of aromatic nitrogens is 2. The Labute approximate surface area is 195 Å². The van der Waals surface area contributed by atoms with Gasteiger partial charge in [-0.1, -0.05) is 46.9 Å². The molecule has 1 aromatic heterocycles. The van der Waals surface area contributed by atoms with Gasteiger partial charge in [0.15, 0.2) is 0 Å². The van der Waals surface area contributed by atoms with Gasteiger partial charge in [-0.05, 0) is 48.7 Å². The van der Waals surface area contributed by atoms with Gasteiger partial charge in [0.25, 0.3) is 5.91 Å². The number of ether oxygens (including phenoxy) is 1. The van der Waals surface area contributed by atoms with Gasteiger partial charge in [-0.3, -0.25) is 4.79 Å². The first-order chi connectivity index (χ1) is 15.0. The molecule has 0 aliphatic carbocycles. The fourth-order valence-corrected chi connectivity index (χ4v) is 4.43. The minimum absolute atomic E-state index is 0.0274. The third-order valence-electron chi connectivity index (χ3n) is 5.32. The Morgan fingerprint density at radius 2 is 1.84 bits per heavy atom. The Kier molecular flexibility index (Phi) is 6.77. The monoisotopic (exact) mass is 475 g/mol. The molecule has 8 heteroatoms. The second kappa shape index (κ2) is 9.53. The molecule has 0 radical (unpaired) electrons. The standard InChI is InChI=1S/C23H20Cl3N3O2/c1-31-13-17-3-2-10-29(17)23(30)22-27-12-19(14-4-6-15(24)7-5-14)21(28-22)18-9-8-16(25)11-20(18)26/h4-9,11-12,17H,2-3,10,13H2,1H3/t17-/m0/s1. The molecular formula is C23H20Cl3N3O2. The average molecular weight is 477 g/mol. The molecular weight excluding hydrogens is 457 g/mol. The summed E-state index contributed by atoms with van der Waals surface area (Å²) < 4.78 is 5.27. The maximum Gasteiger partial charge on any atom is 0.292 e. The van der Waals surface area contributed by atoms with Crippen LogP contribution in [0.3, 0.4) is 0 Å². The first kappa shape index (κ1) is 22.0. The van der Waals surface area contributed by atoms with Gasteiger partial charge >= 0.3 is 0 Å². The molecule has 31 heavy (non-hydrogen) atoms. The Bertz CT molecular complexity index is 1110. The van der Waals surface area contributed by atoms with Crippen LogP contribution >= 0.6 is 34.8 Å². The summed E-state index contributed by atoms with van der Waals surface area (Å²) in [5.74, 6) is -0.0877. The zero-order valence-electron chi connectivity index (χ0n) is 16.8. The third kappa shape index (κ3) is 4.70. The molecule has 160 valence electrons. The highest BCUT2D eigenvalue weighted by molar-refractivity contribution is 6.36. The molecule has 1 fully saturated rings. The van der Waals surface area contributed by atoms with Gasteiger partial charge in [0.05, 0.1) is 23.4 Å². The molecule has 0 bridgehead atoms. The number of methoxy groups -OCH3 is 1. The summed E-state index contributed by atoms with van der Waals surface area (Å²) >= 11 is 18.6. The molecule has 5 nitrogen and oxygen atoms in total. The zero-order chi connectivity index (χ0) is 22.0. The highest BCUT2D eigenvalue weighted by Crippen LogP contribution is 2.36. The largest absolute Gasteiger partial charge is 0.383 e. The maximum atomic E-state index is 13.2. The summed E-state index contributed by atoms with van der Waals surface area (Å²) in [7, 11) is 1.64. The smallest absolute Gasteiger partial charge is 0.292 e. The quantitative estimate of drug-likeness (QED) is 0.452. The zero-order valence-corrected chi connectivity index (χ0v) is 19.1. The van der Waals surface area contributed by atoms with Crippen LogP contribution in [0.25, 0.3) is 22.4 Å². The lowest BCUT2D eigenvalue weighted by molar-refractivity contribution is 0.0619. The van der Waals surface area contributed by atoms with E-state index in [1.54, 1.807) is 48.5 Å². The molecule has 1 atom stereocenters. The van der Waals surface area contributed by atoms with Gasteiger partial charge in [0, 0.05) is 41.0 Å². The van der Waals surface area contributed by atoms with Crippen LogP contribution in [0.5, 0.6) is 0 Å². The Morgan fingerprint density at radius 1 is 1.10 bits per heavy atom. The first-order valence-electron chi connectivity index (χ1n) is 9.86. The van der Waals surface area contributed by atoms with Crippen molar-refractivity contribution in [3.63, 3.8) is 0 Å². The summed E-state index contributed by atoms with van der Waals surface area (Å²) in [4.78, 5) is 24.1. The second-order valence-electron chi connectivity index (χ2n) is 7.34. The van der Waals surface area contributed by atoms with E-state index in [4.69, 9.17) is 39.5 Å².